The van der Waals surface area contributed by atoms with Crippen molar-refractivity contribution in [3.05, 3.63) is 57.8 Å². The third-order valence-corrected chi connectivity index (χ3v) is 5.05. The van der Waals surface area contributed by atoms with E-state index in [1.807, 2.05) is 25.3 Å². The Hall–Kier alpha value is -2.64. The highest BCUT2D eigenvalue weighted by molar-refractivity contribution is 7.14. The molecule has 0 bridgehead atoms. The molecule has 2 N–H and O–H groups in total. The Bertz CT molecular complexity index is 979. The van der Waals surface area contributed by atoms with Crippen molar-refractivity contribution in [1.29, 1.82) is 0 Å². The molecule has 2 aromatic heterocycles. The van der Waals surface area contributed by atoms with Gasteiger partial charge in [0.2, 0.25) is 5.91 Å². The van der Waals surface area contributed by atoms with Gasteiger partial charge in [0.15, 0.2) is 5.13 Å². The zero-order chi connectivity index (χ0) is 20.1. The van der Waals surface area contributed by atoms with Crippen molar-refractivity contribution in [2.75, 3.05) is 11.9 Å². The molecule has 0 aliphatic rings. The summed E-state index contributed by atoms with van der Waals surface area (Å²) in [6, 6.07) is 8.58. The summed E-state index contributed by atoms with van der Waals surface area (Å²) < 4.78 is 5.52. The molecule has 146 valence electrons. The standard InChI is InChI=1S/C20H20ClN3O3S/c1-12-10-16(13(2)27-12)17-11-28-20(23-17)24-18(25)4-3-9-22-19(26)14-5-7-15(21)8-6-14/h5-8,10-11H,3-4,9H2,1-2H3,(H,22,26)(H,23,24,25). The molecule has 0 aliphatic heterocycles. The fourth-order valence-electron chi connectivity index (χ4n) is 2.68. The Morgan fingerprint density at radius 3 is 2.64 bits per heavy atom. The Morgan fingerprint density at radius 2 is 1.96 bits per heavy atom. The average molecular weight is 418 g/mol. The van der Waals surface area contributed by atoms with Crippen molar-refractivity contribution in [3.63, 3.8) is 0 Å². The Balaban J connectivity index is 1.43. The number of aromatic nitrogens is 1. The maximum absolute atomic E-state index is 12.1. The van der Waals surface area contributed by atoms with E-state index in [-0.39, 0.29) is 11.8 Å². The quantitative estimate of drug-likeness (QED) is 0.539. The number of aryl methyl sites for hydroxylation is 2. The molecule has 3 rings (SSSR count). The van der Waals surface area contributed by atoms with Gasteiger partial charge < -0.3 is 15.1 Å². The van der Waals surface area contributed by atoms with E-state index in [0.29, 0.717) is 35.1 Å². The van der Waals surface area contributed by atoms with Crippen LogP contribution in [0, 0.1) is 13.8 Å². The zero-order valence-electron chi connectivity index (χ0n) is 15.5. The van der Waals surface area contributed by atoms with Gasteiger partial charge in [-0.25, -0.2) is 4.98 Å². The van der Waals surface area contributed by atoms with Gasteiger partial charge in [-0.2, -0.15) is 0 Å². The largest absolute Gasteiger partial charge is 0.466 e. The lowest BCUT2D eigenvalue weighted by atomic mass is 10.2. The van der Waals surface area contributed by atoms with Crippen LogP contribution in [0.15, 0.2) is 40.1 Å². The number of carbonyl (C=O) groups is 2. The highest BCUT2D eigenvalue weighted by Crippen LogP contribution is 2.29. The van der Waals surface area contributed by atoms with Crippen molar-refractivity contribution < 1.29 is 14.0 Å². The maximum Gasteiger partial charge on any atom is 0.251 e. The summed E-state index contributed by atoms with van der Waals surface area (Å²) in [7, 11) is 0. The first-order chi connectivity index (χ1) is 13.4. The van der Waals surface area contributed by atoms with E-state index in [1.165, 1.54) is 11.3 Å². The molecule has 0 saturated heterocycles. The maximum atomic E-state index is 12.1. The molecule has 28 heavy (non-hydrogen) atoms. The second kappa shape index (κ2) is 9.03. The number of amides is 2. The molecule has 0 atom stereocenters. The lowest BCUT2D eigenvalue weighted by Gasteiger charge is -2.05. The van der Waals surface area contributed by atoms with Crippen molar-refractivity contribution in [3.8, 4) is 11.3 Å². The summed E-state index contributed by atoms with van der Waals surface area (Å²) in [5.41, 5.74) is 2.25. The van der Waals surface area contributed by atoms with E-state index < -0.39 is 0 Å². The minimum atomic E-state index is -0.188. The predicted molar refractivity (Wildman–Crippen MR) is 111 cm³/mol. The van der Waals surface area contributed by atoms with E-state index in [0.717, 1.165) is 22.8 Å². The van der Waals surface area contributed by atoms with Gasteiger partial charge in [0.1, 0.15) is 11.5 Å². The van der Waals surface area contributed by atoms with Gasteiger partial charge in [0.05, 0.1) is 5.69 Å². The van der Waals surface area contributed by atoms with Crippen molar-refractivity contribution in [2.45, 2.75) is 26.7 Å². The number of anilines is 1. The van der Waals surface area contributed by atoms with Crippen LogP contribution in [0.5, 0.6) is 0 Å². The molecule has 2 heterocycles. The second-order valence-electron chi connectivity index (χ2n) is 6.28. The van der Waals surface area contributed by atoms with Crippen LogP contribution < -0.4 is 10.6 Å². The monoisotopic (exact) mass is 417 g/mol. The molecule has 1 aromatic carbocycles. The molecule has 0 spiro atoms. The van der Waals surface area contributed by atoms with E-state index in [2.05, 4.69) is 15.6 Å². The number of halogens is 1. The van der Waals surface area contributed by atoms with E-state index >= 15 is 0 Å². The van der Waals surface area contributed by atoms with Crippen LogP contribution in [0.4, 0.5) is 5.13 Å². The third-order valence-electron chi connectivity index (χ3n) is 4.04. The Labute approximate surface area is 171 Å². The van der Waals surface area contributed by atoms with Crippen molar-refractivity contribution in [1.82, 2.24) is 10.3 Å². The second-order valence-corrected chi connectivity index (χ2v) is 7.57. The normalized spacial score (nSPS) is 10.7. The summed E-state index contributed by atoms with van der Waals surface area (Å²) in [5.74, 6) is 1.30. The molecule has 0 saturated carbocycles. The highest BCUT2D eigenvalue weighted by Gasteiger charge is 2.13. The number of thiazole rings is 1. The third kappa shape index (κ3) is 5.21. The van der Waals surface area contributed by atoms with E-state index in [9.17, 15) is 9.59 Å². The van der Waals surface area contributed by atoms with Crippen LogP contribution in [0.1, 0.15) is 34.7 Å². The fourth-order valence-corrected chi connectivity index (χ4v) is 3.53. The zero-order valence-corrected chi connectivity index (χ0v) is 17.1. The van der Waals surface area contributed by atoms with Crippen LogP contribution in [0.2, 0.25) is 5.02 Å². The van der Waals surface area contributed by atoms with Gasteiger partial charge in [0.25, 0.3) is 5.91 Å². The summed E-state index contributed by atoms with van der Waals surface area (Å²) in [6.07, 6.45) is 0.823. The first kappa shape index (κ1) is 20.1. The molecular weight excluding hydrogens is 398 g/mol. The highest BCUT2D eigenvalue weighted by atomic mass is 35.5. The number of carbonyl (C=O) groups excluding carboxylic acids is 2. The van der Waals surface area contributed by atoms with Crippen LogP contribution in [-0.2, 0) is 4.79 Å². The molecule has 0 aliphatic carbocycles. The van der Waals surface area contributed by atoms with Gasteiger partial charge in [0, 0.05) is 34.5 Å². The molecule has 0 unspecified atom stereocenters. The van der Waals surface area contributed by atoms with Crippen LogP contribution in [0.3, 0.4) is 0 Å². The van der Waals surface area contributed by atoms with E-state index in [4.69, 9.17) is 16.0 Å². The topological polar surface area (TPSA) is 84.2 Å². The number of rotatable bonds is 7. The Kier molecular flexibility index (Phi) is 6.49. The van der Waals surface area contributed by atoms with Gasteiger partial charge >= 0.3 is 0 Å². The number of hydrogen-bond acceptors (Lipinski definition) is 5. The van der Waals surface area contributed by atoms with Crippen LogP contribution in [0.25, 0.3) is 11.3 Å². The molecule has 8 heteroatoms. The Morgan fingerprint density at radius 1 is 1.21 bits per heavy atom. The molecule has 0 radical (unpaired) electrons. The molecular formula is C20H20ClN3O3S. The molecule has 6 nitrogen and oxygen atoms in total. The molecule has 0 fully saturated rings. The number of furan rings is 1. The molecule has 3 aromatic rings. The van der Waals surface area contributed by atoms with Gasteiger partial charge in [-0.05, 0) is 50.6 Å². The average Bonchev–Trinajstić information content (AvgIpc) is 3.24. The SMILES string of the molecule is Cc1cc(-c2csc(NC(=O)CCCNC(=O)c3ccc(Cl)cc3)n2)c(C)o1. The van der Waals surface area contributed by atoms with Gasteiger partial charge in [-0.1, -0.05) is 11.6 Å². The predicted octanol–water partition coefficient (Wildman–Crippen LogP) is 4.82. The lowest BCUT2D eigenvalue weighted by Crippen LogP contribution is -2.25. The smallest absolute Gasteiger partial charge is 0.251 e. The number of nitrogens with zero attached hydrogens (tertiary/aromatic N) is 1. The summed E-state index contributed by atoms with van der Waals surface area (Å²) >= 11 is 7.17. The number of nitrogens with one attached hydrogen (secondary N) is 2. The molecule has 2 amide bonds. The summed E-state index contributed by atoms with van der Waals surface area (Å²) in [6.45, 7) is 4.18. The van der Waals surface area contributed by atoms with E-state index in [1.54, 1.807) is 24.3 Å². The minimum absolute atomic E-state index is 0.137. The summed E-state index contributed by atoms with van der Waals surface area (Å²) in [5, 5.41) is 8.59. The number of benzene rings is 1. The fraction of sp³-hybridized carbons (Fsp3) is 0.250. The number of hydrogen-bond donors (Lipinski definition) is 2. The minimum Gasteiger partial charge on any atom is -0.466 e. The van der Waals surface area contributed by atoms with Crippen LogP contribution in [-0.4, -0.2) is 23.3 Å². The summed E-state index contributed by atoms with van der Waals surface area (Å²) in [4.78, 5) is 28.5. The van der Waals surface area contributed by atoms with Crippen molar-refractivity contribution >= 4 is 39.9 Å². The van der Waals surface area contributed by atoms with Crippen LogP contribution >= 0.6 is 22.9 Å². The first-order valence-electron chi connectivity index (χ1n) is 8.79. The van der Waals surface area contributed by atoms with Crippen molar-refractivity contribution in [2.24, 2.45) is 0 Å². The first-order valence-corrected chi connectivity index (χ1v) is 10.0. The van der Waals surface area contributed by atoms with Gasteiger partial charge in [-0.3, -0.25) is 9.59 Å². The lowest BCUT2D eigenvalue weighted by molar-refractivity contribution is -0.116. The van der Waals surface area contributed by atoms with Gasteiger partial charge in [-0.15, -0.1) is 11.3 Å².